The van der Waals surface area contributed by atoms with E-state index in [9.17, 15) is 22.8 Å². The van der Waals surface area contributed by atoms with Gasteiger partial charge in [-0.2, -0.15) is 0 Å². The quantitative estimate of drug-likeness (QED) is 0.219. The van der Waals surface area contributed by atoms with Gasteiger partial charge in [0.2, 0.25) is 15.9 Å². The minimum atomic E-state index is -3.94. The summed E-state index contributed by atoms with van der Waals surface area (Å²) in [4.78, 5) is 52.2. The molecule has 2 saturated carbocycles. The van der Waals surface area contributed by atoms with Crippen molar-refractivity contribution in [3.8, 4) is 22.2 Å². The fraction of sp³-hybridized carbons (Fsp3) is 0.528. The molecule has 2 aliphatic carbocycles. The van der Waals surface area contributed by atoms with Gasteiger partial charge < -0.3 is 25.0 Å². The van der Waals surface area contributed by atoms with Crippen molar-refractivity contribution >= 4 is 66.0 Å². The number of amides is 4. The van der Waals surface area contributed by atoms with E-state index in [2.05, 4.69) is 45.1 Å². The average molecular weight is 818 g/mol. The number of urea groups is 1. The van der Waals surface area contributed by atoms with Crippen LogP contribution in [-0.4, -0.2) is 84.8 Å². The molecule has 4 amide bonds. The molecule has 0 radical (unpaired) electrons. The molecule has 16 heteroatoms. The summed E-state index contributed by atoms with van der Waals surface area (Å²) in [7, 11) is -0.703. The van der Waals surface area contributed by atoms with Crippen molar-refractivity contribution in [2.75, 3.05) is 27.3 Å². The van der Waals surface area contributed by atoms with Crippen LogP contribution < -0.4 is 24.8 Å². The molecule has 1 aliphatic heterocycles. The summed E-state index contributed by atoms with van der Waals surface area (Å²) in [6.07, 6.45) is 7.33. The summed E-state index contributed by atoms with van der Waals surface area (Å²) in [5, 5.41) is 9.11. The first-order chi connectivity index (χ1) is 24.7. The van der Waals surface area contributed by atoms with Gasteiger partial charge in [0, 0.05) is 42.8 Å². The highest BCUT2D eigenvalue weighted by atomic mass is 79.9. The molecule has 2 fully saturated rings. The van der Waals surface area contributed by atoms with Crippen LogP contribution in [-0.2, 0) is 19.6 Å². The summed E-state index contributed by atoms with van der Waals surface area (Å²) >= 11 is 5.12. The number of nitrogens with one attached hydrogen (secondary N) is 3. The number of allylic oxidation sites excluding steroid dienone is 1. The number of fused-ring (bicyclic) bond motifs is 2. The van der Waals surface area contributed by atoms with Crippen molar-refractivity contribution in [2.45, 2.75) is 88.0 Å². The number of carbonyl (C=O) groups is 3. The zero-order chi connectivity index (χ0) is 37.4. The molecular weight excluding hydrogens is 772 g/mol. The minimum Gasteiger partial charge on any atom is -0.495 e. The lowest BCUT2D eigenvalue weighted by molar-refractivity contribution is -0.130. The smallest absolute Gasteiger partial charge is 0.317 e. The van der Waals surface area contributed by atoms with Crippen LogP contribution in [0.25, 0.3) is 21.6 Å². The van der Waals surface area contributed by atoms with Gasteiger partial charge in [-0.05, 0) is 79.4 Å². The monoisotopic (exact) mass is 816 g/mol. The molecule has 3 atom stereocenters. The first-order valence-corrected chi connectivity index (χ1v) is 20.7. The molecule has 6 rings (SSSR count). The Bertz CT molecular complexity index is 2010. The number of halogens is 1. The molecule has 3 heterocycles. The number of hydrogen-bond donors (Lipinski definition) is 3. The number of sulfonamides is 1. The van der Waals surface area contributed by atoms with Crippen molar-refractivity contribution in [1.29, 1.82) is 0 Å². The Kier molecular flexibility index (Phi) is 10.9. The Labute approximate surface area is 316 Å². The second-order valence-electron chi connectivity index (χ2n) is 14.4. The number of aromatic nitrogens is 2. The van der Waals surface area contributed by atoms with Gasteiger partial charge in [-0.1, -0.05) is 26.0 Å². The van der Waals surface area contributed by atoms with Crippen LogP contribution >= 0.6 is 27.3 Å². The number of pyridine rings is 1. The summed E-state index contributed by atoms with van der Waals surface area (Å²) in [5.74, 6) is -0.439. The lowest BCUT2D eigenvalue weighted by atomic mass is 10.1. The van der Waals surface area contributed by atoms with E-state index in [1.807, 2.05) is 29.7 Å². The number of carbonyl (C=O) groups excluding carboxylic acids is 3. The molecule has 13 nitrogen and oxygen atoms in total. The number of benzene rings is 1. The standard InChI is InChI=1S/C36H45BrN6O7S2/c1-21(2)26-20-51-32(39-26)25-18-28(23-11-12-27(49-5)29(37)30(23)38-25)50-17-13-24-31(44)41-36(33(45)42-52(47,48)35(3)14-15-35)19-22(36)10-8-6-7-9-16-43(4)34(46)40-24/h8,10-12,18,20-22,24H,6-7,9,13-17,19H2,1-5H3,(H,40,46)(H,41,44)(H,42,45)/t22-,24+,36-/m1/s1. The fourth-order valence-electron chi connectivity index (χ4n) is 6.12. The molecule has 2 aromatic heterocycles. The van der Waals surface area contributed by atoms with E-state index in [1.54, 1.807) is 27.1 Å². The van der Waals surface area contributed by atoms with Crippen LogP contribution in [0.3, 0.4) is 0 Å². The second-order valence-corrected chi connectivity index (χ2v) is 18.2. The predicted octanol–water partition coefficient (Wildman–Crippen LogP) is 5.65. The zero-order valence-corrected chi connectivity index (χ0v) is 33.2. The number of methoxy groups -OCH3 is 1. The Hall–Kier alpha value is -3.76. The Morgan fingerprint density at radius 3 is 2.65 bits per heavy atom. The molecule has 3 aliphatic rings. The van der Waals surface area contributed by atoms with Gasteiger partial charge >= 0.3 is 6.03 Å². The normalized spacial score (nSPS) is 23.3. The molecule has 3 N–H and O–H groups in total. The maximum absolute atomic E-state index is 14.0. The first kappa shape index (κ1) is 38.0. The summed E-state index contributed by atoms with van der Waals surface area (Å²) < 4.78 is 39.8. The van der Waals surface area contributed by atoms with Gasteiger partial charge in [0.1, 0.15) is 33.8 Å². The topological polar surface area (TPSA) is 169 Å². The van der Waals surface area contributed by atoms with Crippen LogP contribution in [0, 0.1) is 5.92 Å². The fourth-order valence-corrected chi connectivity index (χ4v) is 8.97. The number of rotatable bonds is 10. The molecule has 1 aromatic carbocycles. The van der Waals surface area contributed by atoms with E-state index in [-0.39, 0.29) is 25.4 Å². The lowest BCUT2D eigenvalue weighted by Crippen LogP contribution is -2.58. The minimum absolute atomic E-state index is 0.00859. The summed E-state index contributed by atoms with van der Waals surface area (Å²) in [6.45, 7) is 6.25. The lowest BCUT2D eigenvalue weighted by Gasteiger charge is -2.26. The van der Waals surface area contributed by atoms with Crippen LogP contribution in [0.4, 0.5) is 4.79 Å². The molecule has 0 saturated heterocycles. The summed E-state index contributed by atoms with van der Waals surface area (Å²) in [5.41, 5.74) is 0.703. The highest BCUT2D eigenvalue weighted by Gasteiger charge is 2.62. The molecule has 52 heavy (non-hydrogen) atoms. The van der Waals surface area contributed by atoms with Gasteiger partial charge in [-0.3, -0.25) is 14.3 Å². The van der Waals surface area contributed by atoms with Gasteiger partial charge in [-0.25, -0.2) is 23.2 Å². The second kappa shape index (κ2) is 14.9. The maximum Gasteiger partial charge on any atom is 0.317 e. The van der Waals surface area contributed by atoms with E-state index < -0.39 is 50.1 Å². The number of nitrogens with zero attached hydrogens (tertiary/aromatic N) is 3. The highest BCUT2D eigenvalue weighted by molar-refractivity contribution is 9.10. The maximum atomic E-state index is 14.0. The Balaban J connectivity index is 1.27. The summed E-state index contributed by atoms with van der Waals surface area (Å²) in [6, 6.07) is 3.91. The van der Waals surface area contributed by atoms with Crippen molar-refractivity contribution in [3.63, 3.8) is 0 Å². The Morgan fingerprint density at radius 2 is 1.96 bits per heavy atom. The third-order valence-electron chi connectivity index (χ3n) is 10.1. The van der Waals surface area contributed by atoms with E-state index in [4.69, 9.17) is 19.4 Å². The molecule has 0 unspecified atom stereocenters. The number of thiazole rings is 1. The largest absolute Gasteiger partial charge is 0.495 e. The van der Waals surface area contributed by atoms with Crippen LogP contribution in [0.5, 0.6) is 11.5 Å². The van der Waals surface area contributed by atoms with Crippen molar-refractivity contribution < 1.29 is 32.3 Å². The van der Waals surface area contributed by atoms with Crippen molar-refractivity contribution in [2.24, 2.45) is 5.92 Å². The van der Waals surface area contributed by atoms with E-state index >= 15 is 0 Å². The molecule has 0 bridgehead atoms. The van der Waals surface area contributed by atoms with Crippen LogP contribution in [0.2, 0.25) is 0 Å². The number of ether oxygens (including phenoxy) is 2. The van der Waals surface area contributed by atoms with Gasteiger partial charge in [0.15, 0.2) is 0 Å². The third kappa shape index (κ3) is 7.79. The van der Waals surface area contributed by atoms with Gasteiger partial charge in [-0.15, -0.1) is 11.3 Å². The SMILES string of the molecule is COc1ccc2c(OCC[C@@H]3NC(=O)N(C)CCCCC=C[C@@H]4C[C@@]4(C(=O)NS(=O)(=O)C4(C)CC4)NC3=O)cc(-c3nc(C(C)C)cs3)nc2c1Br. The molecule has 3 aromatic rings. The van der Waals surface area contributed by atoms with Crippen molar-refractivity contribution in [3.05, 3.63) is 45.9 Å². The van der Waals surface area contributed by atoms with Crippen LogP contribution in [0.15, 0.2) is 40.2 Å². The Morgan fingerprint density at radius 1 is 1.19 bits per heavy atom. The predicted molar refractivity (Wildman–Crippen MR) is 203 cm³/mol. The molecule has 0 spiro atoms. The number of hydrogen-bond acceptors (Lipinski definition) is 10. The van der Waals surface area contributed by atoms with E-state index in [0.29, 0.717) is 52.0 Å². The first-order valence-electron chi connectivity index (χ1n) is 17.5. The third-order valence-corrected chi connectivity index (χ3v) is 13.9. The zero-order valence-electron chi connectivity index (χ0n) is 30.0. The molecule has 280 valence electrons. The van der Waals surface area contributed by atoms with Crippen LogP contribution in [0.1, 0.15) is 77.3 Å². The highest BCUT2D eigenvalue weighted by Crippen LogP contribution is 2.47. The average Bonchev–Trinajstić information content (AvgIpc) is 3.96. The van der Waals surface area contributed by atoms with Crippen molar-refractivity contribution in [1.82, 2.24) is 30.2 Å². The molecular formula is C36H45BrN6O7S2. The van der Waals surface area contributed by atoms with Gasteiger partial charge in [0.25, 0.3) is 5.91 Å². The van der Waals surface area contributed by atoms with E-state index in [1.165, 1.54) is 16.2 Å². The van der Waals surface area contributed by atoms with E-state index in [0.717, 1.165) is 30.0 Å². The van der Waals surface area contributed by atoms with Gasteiger partial charge in [0.05, 0.1) is 34.1 Å².